The molecular formula is C43H85NO8P+. The molecule has 0 fully saturated rings. The van der Waals surface area contributed by atoms with Gasteiger partial charge in [-0.1, -0.05) is 161 Å². The number of carbonyl (C=O) groups is 2. The summed E-state index contributed by atoms with van der Waals surface area (Å²) in [7, 11) is 1.48. The van der Waals surface area contributed by atoms with Gasteiger partial charge in [-0.15, -0.1) is 0 Å². The molecule has 0 aromatic heterocycles. The summed E-state index contributed by atoms with van der Waals surface area (Å²) in [6.07, 6.45) is 37.0. The van der Waals surface area contributed by atoms with Crippen LogP contribution in [0.1, 0.15) is 200 Å². The van der Waals surface area contributed by atoms with E-state index in [2.05, 4.69) is 26.0 Å². The van der Waals surface area contributed by atoms with Gasteiger partial charge in [0.2, 0.25) is 0 Å². The molecule has 0 aliphatic heterocycles. The number of hydrogen-bond donors (Lipinski definition) is 1. The first-order chi connectivity index (χ1) is 25.5. The van der Waals surface area contributed by atoms with Gasteiger partial charge >= 0.3 is 19.8 Å². The molecule has 9 nitrogen and oxygen atoms in total. The molecular weight excluding hydrogens is 689 g/mol. The maximum absolute atomic E-state index is 12.7. The fourth-order valence-corrected chi connectivity index (χ4v) is 6.81. The van der Waals surface area contributed by atoms with E-state index in [-0.39, 0.29) is 25.6 Å². The van der Waals surface area contributed by atoms with E-state index in [4.69, 9.17) is 18.5 Å². The van der Waals surface area contributed by atoms with Crippen LogP contribution in [0.5, 0.6) is 0 Å². The SMILES string of the molecule is CCCCCCCCCC/C=C\CCCCCCCCCCCC(=O)OC(COC(=O)CCCCCCCCCC)COP(=O)(O)OCC[N+](C)(C)C. The zero-order valence-electron chi connectivity index (χ0n) is 35.3. The normalized spacial score (nSPS) is 13.7. The van der Waals surface area contributed by atoms with Gasteiger partial charge < -0.3 is 18.9 Å². The number of esters is 2. The van der Waals surface area contributed by atoms with Crippen molar-refractivity contribution in [2.75, 3.05) is 47.5 Å². The van der Waals surface area contributed by atoms with Crippen LogP contribution in [0.2, 0.25) is 0 Å². The van der Waals surface area contributed by atoms with Crippen LogP contribution in [0.4, 0.5) is 0 Å². The van der Waals surface area contributed by atoms with E-state index in [1.165, 1.54) is 135 Å². The third-order valence-electron chi connectivity index (χ3n) is 9.55. The first-order valence-corrected chi connectivity index (χ1v) is 23.4. The second kappa shape index (κ2) is 36.4. The molecule has 2 unspecified atom stereocenters. The Labute approximate surface area is 326 Å². The summed E-state index contributed by atoms with van der Waals surface area (Å²) in [6, 6.07) is 0. The summed E-state index contributed by atoms with van der Waals surface area (Å²) in [6.45, 7) is 4.40. The van der Waals surface area contributed by atoms with Gasteiger partial charge in [-0.25, -0.2) is 4.57 Å². The van der Waals surface area contributed by atoms with Crippen molar-refractivity contribution in [2.24, 2.45) is 0 Å². The van der Waals surface area contributed by atoms with Gasteiger partial charge in [0.05, 0.1) is 27.7 Å². The quantitative estimate of drug-likeness (QED) is 0.0215. The van der Waals surface area contributed by atoms with Crippen molar-refractivity contribution >= 4 is 19.8 Å². The topological polar surface area (TPSA) is 108 Å². The second-order valence-electron chi connectivity index (χ2n) is 16.1. The molecule has 314 valence electrons. The number of phosphoric acid groups is 1. The van der Waals surface area contributed by atoms with Crippen LogP contribution >= 0.6 is 7.82 Å². The molecule has 0 aliphatic carbocycles. The number of ether oxygens (including phenoxy) is 2. The molecule has 10 heteroatoms. The predicted molar refractivity (Wildman–Crippen MR) is 220 cm³/mol. The molecule has 1 N–H and O–H groups in total. The first kappa shape index (κ1) is 51.8. The lowest BCUT2D eigenvalue weighted by Crippen LogP contribution is -2.37. The zero-order valence-corrected chi connectivity index (χ0v) is 36.2. The molecule has 0 bridgehead atoms. The van der Waals surface area contributed by atoms with Crippen molar-refractivity contribution in [3.8, 4) is 0 Å². The van der Waals surface area contributed by atoms with Crippen LogP contribution in [0.25, 0.3) is 0 Å². The van der Waals surface area contributed by atoms with Crippen molar-refractivity contribution in [3.63, 3.8) is 0 Å². The zero-order chi connectivity index (χ0) is 39.3. The number of nitrogens with zero attached hydrogens (tertiary/aromatic N) is 1. The minimum atomic E-state index is -4.36. The molecule has 0 saturated heterocycles. The summed E-state index contributed by atoms with van der Waals surface area (Å²) < 4.78 is 34.2. The van der Waals surface area contributed by atoms with Gasteiger partial charge in [0.15, 0.2) is 6.10 Å². The van der Waals surface area contributed by atoms with E-state index in [0.717, 1.165) is 32.1 Å². The highest BCUT2D eigenvalue weighted by atomic mass is 31.2. The number of rotatable bonds is 40. The van der Waals surface area contributed by atoms with Crippen LogP contribution < -0.4 is 0 Å². The second-order valence-corrected chi connectivity index (χ2v) is 17.5. The summed E-state index contributed by atoms with van der Waals surface area (Å²) in [5.74, 6) is -0.798. The molecule has 0 saturated carbocycles. The molecule has 0 rings (SSSR count). The van der Waals surface area contributed by atoms with Gasteiger partial charge in [-0.3, -0.25) is 18.6 Å². The van der Waals surface area contributed by atoms with Crippen LogP contribution in [0.3, 0.4) is 0 Å². The fraction of sp³-hybridized carbons (Fsp3) is 0.907. The number of allylic oxidation sites excluding steroid dienone is 2. The van der Waals surface area contributed by atoms with Crippen molar-refractivity contribution in [3.05, 3.63) is 12.2 Å². The van der Waals surface area contributed by atoms with E-state index >= 15 is 0 Å². The lowest BCUT2D eigenvalue weighted by molar-refractivity contribution is -0.870. The number of hydrogen-bond acceptors (Lipinski definition) is 7. The number of likely N-dealkylation sites (N-methyl/N-ethyl adjacent to an activating group) is 1. The molecule has 0 heterocycles. The summed E-state index contributed by atoms with van der Waals surface area (Å²) in [5.41, 5.74) is 0. The van der Waals surface area contributed by atoms with Crippen LogP contribution in [0.15, 0.2) is 12.2 Å². The fourth-order valence-electron chi connectivity index (χ4n) is 6.07. The maximum Gasteiger partial charge on any atom is 0.472 e. The van der Waals surface area contributed by atoms with Gasteiger partial charge in [0.25, 0.3) is 0 Å². The van der Waals surface area contributed by atoms with Gasteiger partial charge in [-0.05, 0) is 38.5 Å². The summed E-state index contributed by atoms with van der Waals surface area (Å²) in [4.78, 5) is 35.2. The Kier molecular flexibility index (Phi) is 35.5. The van der Waals surface area contributed by atoms with Gasteiger partial charge in [-0.2, -0.15) is 0 Å². The smallest absolute Gasteiger partial charge is 0.462 e. The number of carbonyl (C=O) groups excluding carboxylic acids is 2. The molecule has 0 aromatic carbocycles. The molecule has 2 atom stereocenters. The monoisotopic (exact) mass is 775 g/mol. The lowest BCUT2D eigenvalue weighted by Gasteiger charge is -2.24. The lowest BCUT2D eigenvalue weighted by atomic mass is 10.1. The van der Waals surface area contributed by atoms with E-state index < -0.39 is 26.5 Å². The van der Waals surface area contributed by atoms with Crippen molar-refractivity contribution < 1.29 is 42.1 Å². The predicted octanol–water partition coefficient (Wildman–Crippen LogP) is 12.2. The Bertz CT molecular complexity index is 922. The van der Waals surface area contributed by atoms with Crippen LogP contribution in [-0.2, 0) is 32.7 Å². The highest BCUT2D eigenvalue weighted by molar-refractivity contribution is 7.47. The third-order valence-corrected chi connectivity index (χ3v) is 10.5. The molecule has 0 radical (unpaired) electrons. The number of unbranched alkanes of at least 4 members (excludes halogenated alkanes) is 24. The van der Waals surface area contributed by atoms with Crippen LogP contribution in [-0.4, -0.2) is 74.9 Å². The largest absolute Gasteiger partial charge is 0.472 e. The minimum absolute atomic E-state index is 0.0341. The Morgan fingerprint density at radius 2 is 0.962 bits per heavy atom. The van der Waals surface area contributed by atoms with Crippen molar-refractivity contribution in [1.82, 2.24) is 0 Å². The molecule has 0 aliphatic rings. The highest BCUT2D eigenvalue weighted by Crippen LogP contribution is 2.43. The van der Waals surface area contributed by atoms with Crippen molar-refractivity contribution in [2.45, 2.75) is 206 Å². The Hall–Kier alpha value is -1.25. The molecule has 53 heavy (non-hydrogen) atoms. The van der Waals surface area contributed by atoms with Crippen LogP contribution in [0, 0.1) is 0 Å². The molecule has 0 spiro atoms. The van der Waals surface area contributed by atoms with Gasteiger partial charge in [0.1, 0.15) is 19.8 Å². The standard InChI is InChI=1S/C43H84NO8P/c1-6-8-10-12-14-16-17-18-19-20-21-22-23-24-25-26-27-28-30-32-34-36-43(46)52-41(40-51-53(47,48)50-38-37-44(3,4)5)39-49-42(45)35-33-31-29-15-13-11-9-7-2/h20-21,41H,6-19,22-40H2,1-5H3/p+1/b21-20-. The van der Waals surface area contributed by atoms with E-state index in [0.29, 0.717) is 23.9 Å². The van der Waals surface area contributed by atoms with Gasteiger partial charge in [0, 0.05) is 12.8 Å². The first-order valence-electron chi connectivity index (χ1n) is 21.9. The summed E-state index contributed by atoms with van der Waals surface area (Å²) in [5, 5.41) is 0. The van der Waals surface area contributed by atoms with E-state index in [1.807, 2.05) is 21.1 Å². The summed E-state index contributed by atoms with van der Waals surface area (Å²) >= 11 is 0. The van der Waals surface area contributed by atoms with Crippen molar-refractivity contribution in [1.29, 1.82) is 0 Å². The Morgan fingerprint density at radius 1 is 0.566 bits per heavy atom. The third kappa shape index (κ3) is 40.2. The average Bonchev–Trinajstić information content (AvgIpc) is 3.10. The molecule has 0 aromatic rings. The highest BCUT2D eigenvalue weighted by Gasteiger charge is 2.27. The Balaban J connectivity index is 4.21. The number of quaternary nitrogens is 1. The average molecular weight is 775 g/mol. The number of phosphoric ester groups is 1. The van der Waals surface area contributed by atoms with E-state index in [1.54, 1.807) is 0 Å². The molecule has 0 amide bonds. The Morgan fingerprint density at radius 3 is 1.40 bits per heavy atom. The minimum Gasteiger partial charge on any atom is -0.462 e. The maximum atomic E-state index is 12.7. The van der Waals surface area contributed by atoms with E-state index in [9.17, 15) is 19.0 Å².